The molecule has 8 atom stereocenters. The van der Waals surface area contributed by atoms with Crippen LogP contribution in [0.4, 0.5) is 0 Å². The summed E-state index contributed by atoms with van der Waals surface area (Å²) in [5, 5.41) is 0.892. The summed E-state index contributed by atoms with van der Waals surface area (Å²) < 4.78 is 21.9. The molecule has 22 heteroatoms. The first-order chi connectivity index (χ1) is 13.6. The minimum absolute atomic E-state index is 0.0413. The molecule has 1 fully saturated rings. The molecule has 1 saturated heterocycles. The summed E-state index contributed by atoms with van der Waals surface area (Å²) in [4.78, 5) is 37.4. The molecule has 0 bridgehead atoms. The minimum atomic E-state index is -3.76. The third-order valence-electron chi connectivity index (χ3n) is 2.76. The van der Waals surface area contributed by atoms with E-state index in [9.17, 15) is 22.8 Å². The van der Waals surface area contributed by atoms with Crippen LogP contribution in [0.5, 0.6) is 0 Å². The Bertz CT molecular complexity index is 680. The Kier molecular flexibility index (Phi) is 19.4. The predicted octanol–water partition coefficient (Wildman–Crippen LogP) is 6.93. The first kappa shape index (κ1) is 34.3. The molecule has 1 aliphatic heterocycles. The highest BCUT2D eigenvalue weighted by Gasteiger charge is 2.34. The van der Waals surface area contributed by atoms with Crippen LogP contribution in [0.3, 0.4) is 0 Å². The van der Waals surface area contributed by atoms with Gasteiger partial charge in [-0.2, -0.15) is 0 Å². The molecule has 0 N–H and O–H groups in total. The predicted molar refractivity (Wildman–Crippen MR) is 170 cm³/mol. The van der Waals surface area contributed by atoms with Gasteiger partial charge in [0.05, 0.1) is 0 Å². The second kappa shape index (κ2) is 16.9. The molecule has 0 aliphatic carbocycles. The third-order valence-corrected chi connectivity index (χ3v) is 82.8. The molecular formula is C8H25NO6P14S. The normalized spacial score (nSPS) is 14.9. The lowest BCUT2D eigenvalue weighted by molar-refractivity contribution is -0.195. The summed E-state index contributed by atoms with van der Waals surface area (Å²) in [7, 11) is 20.6. The average molecular weight is 697 g/mol. The molecule has 0 aromatic carbocycles. The van der Waals surface area contributed by atoms with Crippen molar-refractivity contribution in [2.24, 2.45) is 0 Å². The molecule has 0 spiro atoms. The van der Waals surface area contributed by atoms with E-state index in [1.807, 2.05) is 0 Å². The van der Waals surface area contributed by atoms with Crippen LogP contribution in [-0.2, 0) is 29.1 Å². The molecule has 1 rings (SSSR count). The van der Waals surface area contributed by atoms with Gasteiger partial charge in [0.1, 0.15) is 0 Å². The van der Waals surface area contributed by atoms with Gasteiger partial charge in [0, 0.05) is 18.2 Å². The van der Waals surface area contributed by atoms with E-state index in [4.69, 9.17) is 0 Å². The lowest BCUT2D eigenvalue weighted by Crippen LogP contribution is -2.34. The highest BCUT2D eigenvalue weighted by atomic mass is 33.3. The highest BCUT2D eigenvalue weighted by molar-refractivity contribution is 9.27. The molecule has 2 amide bonds. The Morgan fingerprint density at radius 2 is 1.23 bits per heavy atom. The molecule has 174 valence electrons. The van der Waals surface area contributed by atoms with E-state index in [0.29, 0.717) is 10.5 Å². The van der Waals surface area contributed by atoms with E-state index in [0.717, 1.165) is 0 Å². The molecule has 0 saturated carbocycles. The molecule has 1 aliphatic rings. The number of nitrogens with zero attached hydrogens (tertiary/aromatic N) is 1. The van der Waals surface area contributed by atoms with Gasteiger partial charge in [0.15, 0.2) is 15.6 Å². The Hall–Kier alpha value is 4.32. The zero-order valence-electron chi connectivity index (χ0n) is 15.5. The average Bonchev–Trinajstić information content (AvgIpc) is 2.90. The number of hydrogen-bond donors (Lipinski definition) is 0. The maximum Gasteiger partial charge on any atom is 0.348 e. The topological polar surface area (TPSA) is 97.8 Å². The smallest absolute Gasteiger partial charge is 0.329 e. The number of rotatable bonds is 9. The zero-order chi connectivity index (χ0) is 23.8. The minimum Gasteiger partial charge on any atom is -0.329 e. The van der Waals surface area contributed by atoms with Gasteiger partial charge in [0.2, 0.25) is 0 Å². The van der Waals surface area contributed by atoms with E-state index < -0.39 is 33.4 Å². The number of imide groups is 1. The van der Waals surface area contributed by atoms with Crippen molar-refractivity contribution in [1.29, 1.82) is 0 Å². The van der Waals surface area contributed by atoms with Crippen molar-refractivity contribution in [2.45, 2.75) is 12.8 Å². The second-order valence-electron chi connectivity index (χ2n) is 5.08. The Morgan fingerprint density at radius 3 is 1.50 bits per heavy atom. The van der Waals surface area contributed by atoms with E-state index >= 15 is 0 Å². The van der Waals surface area contributed by atoms with Gasteiger partial charge < -0.3 is 4.84 Å². The summed E-state index contributed by atoms with van der Waals surface area (Å²) in [6.07, 6.45) is -0.0827. The Balaban J connectivity index is 0.000000567. The van der Waals surface area contributed by atoms with Crippen LogP contribution in [0.25, 0.3) is 0 Å². The highest BCUT2D eigenvalue weighted by Crippen LogP contribution is 3.21. The van der Waals surface area contributed by atoms with Crippen LogP contribution in [0.15, 0.2) is 12.0 Å². The van der Waals surface area contributed by atoms with Crippen molar-refractivity contribution < 1.29 is 27.6 Å². The van der Waals surface area contributed by atoms with Crippen molar-refractivity contribution in [2.75, 3.05) is 5.75 Å². The monoisotopic (exact) mass is 697 g/mol. The molecular weight excluding hydrogens is 672 g/mol. The first-order valence-corrected chi connectivity index (χ1v) is 33.6. The summed E-state index contributed by atoms with van der Waals surface area (Å²) in [5.41, 5.74) is 0. The molecule has 0 radical (unpaired) electrons. The van der Waals surface area contributed by atoms with Gasteiger partial charge in [-0.25, -0.2) is 13.2 Å². The first-order valence-electron chi connectivity index (χ1n) is 7.34. The summed E-state index contributed by atoms with van der Waals surface area (Å²) in [6.45, 7) is 3.75. The molecule has 0 aromatic heterocycles. The van der Waals surface area contributed by atoms with E-state index in [1.165, 1.54) is 0 Å². The number of carbonyl (C=O) groups excluding carboxylic acids is 3. The van der Waals surface area contributed by atoms with E-state index in [1.54, 1.807) is 0 Å². The van der Waals surface area contributed by atoms with Crippen LogP contribution in [0.2, 0.25) is 0 Å². The lowest BCUT2D eigenvalue weighted by atomic mass is 10.4. The zero-order valence-corrected chi connectivity index (χ0v) is 30.9. The number of sulfone groups is 1. The fourth-order valence-electron chi connectivity index (χ4n) is 1.62. The van der Waals surface area contributed by atoms with Crippen LogP contribution < -0.4 is 0 Å². The number of carbonyl (C=O) groups is 3. The van der Waals surface area contributed by atoms with Crippen LogP contribution in [0.1, 0.15) is 12.8 Å². The molecule has 30 heavy (non-hydrogen) atoms. The van der Waals surface area contributed by atoms with Gasteiger partial charge in [-0.1, -0.05) is 6.58 Å². The van der Waals surface area contributed by atoms with Gasteiger partial charge >= 0.3 is 5.97 Å². The number of amides is 2. The fourth-order valence-corrected chi connectivity index (χ4v) is 149. The molecule has 0 aromatic rings. The van der Waals surface area contributed by atoms with Gasteiger partial charge in [-0.15, -0.1) is 76.5 Å². The number of hydroxylamine groups is 2. The van der Waals surface area contributed by atoms with Gasteiger partial charge in [0.25, 0.3) is 11.8 Å². The molecule has 8 unspecified atom stereocenters. The summed E-state index contributed by atoms with van der Waals surface area (Å²) in [6, 6.07) is 0. The van der Waals surface area contributed by atoms with Crippen LogP contribution in [0, 0.1) is 0 Å². The Morgan fingerprint density at radius 1 is 0.900 bits per heavy atom. The Labute approximate surface area is 203 Å². The summed E-state index contributed by atoms with van der Waals surface area (Å²) in [5.74, 6) is -3.46. The number of hydrogen-bond acceptors (Lipinski definition) is 6. The summed E-state index contributed by atoms with van der Waals surface area (Å²) >= 11 is 0. The maximum absolute atomic E-state index is 11.1. The van der Waals surface area contributed by atoms with Crippen molar-refractivity contribution >= 4 is 141 Å². The van der Waals surface area contributed by atoms with Crippen molar-refractivity contribution in [3.05, 3.63) is 12.0 Å². The van der Waals surface area contributed by atoms with Crippen molar-refractivity contribution in [3.8, 4) is 0 Å². The fraction of sp³-hybridized carbons (Fsp3) is 0.375. The van der Waals surface area contributed by atoms with E-state index in [2.05, 4.69) is 82.8 Å². The van der Waals surface area contributed by atoms with Crippen LogP contribution >= 0.6 is 113 Å². The van der Waals surface area contributed by atoms with E-state index in [-0.39, 0.29) is 54.8 Å². The molecule has 1 heterocycles. The van der Waals surface area contributed by atoms with Crippen molar-refractivity contribution in [3.63, 3.8) is 0 Å². The largest absolute Gasteiger partial charge is 0.348 e. The lowest BCUT2D eigenvalue weighted by Gasteiger charge is -2.37. The van der Waals surface area contributed by atoms with Gasteiger partial charge in [-0.05, 0) is 41.9 Å². The van der Waals surface area contributed by atoms with Crippen LogP contribution in [-0.4, -0.2) is 37.0 Å². The maximum atomic E-state index is 11.1. The second-order valence-corrected chi connectivity index (χ2v) is 60.5. The third kappa shape index (κ3) is 13.0. The standard InChI is InChI=1S/C8H9NO6S.H16P14/c1-2-16(13,14)5-8(12)15-9-6(10)3-4-7(9)11;1-9(2)13(10(3)4)14(11(5)6)12(7)8/h2H,1,3-5H2;1-8H2. The quantitative estimate of drug-likeness (QED) is 0.192. The molecule has 7 nitrogen and oxygen atoms in total. The van der Waals surface area contributed by atoms with Crippen molar-refractivity contribution in [1.82, 2.24) is 5.06 Å². The SMILES string of the molecule is C=CS(=O)(=O)CC(=O)ON1C(=O)CCC1=O.PP(P)P(P(P)P)P(P(P)P)P(P)P. The van der Waals surface area contributed by atoms with Gasteiger partial charge in [-0.3, -0.25) is 9.59 Å².